The predicted molar refractivity (Wildman–Crippen MR) is 56.4 cm³/mol. The van der Waals surface area contributed by atoms with Gasteiger partial charge in [-0.15, -0.1) is 0 Å². The average Bonchev–Trinajstić information content (AvgIpc) is 2.26. The molecule has 3 heteroatoms. The van der Waals surface area contributed by atoms with Crippen LogP contribution in [0.1, 0.15) is 10.5 Å². The maximum atomic E-state index is 11.7. The molecule has 0 unspecified atom stereocenters. The van der Waals surface area contributed by atoms with Gasteiger partial charge in [0, 0.05) is 6.20 Å². The number of rotatable bonds is 4. The first-order valence-corrected chi connectivity index (χ1v) is 4.04. The van der Waals surface area contributed by atoms with Crippen LogP contribution in [0.3, 0.4) is 0 Å². The van der Waals surface area contributed by atoms with E-state index in [2.05, 4.69) is 23.3 Å². The lowest BCUT2D eigenvalue weighted by molar-refractivity contribution is 0.102. The van der Waals surface area contributed by atoms with E-state index in [1.165, 1.54) is 12.2 Å². The molecular formula is C11H10N2O. The summed E-state index contributed by atoms with van der Waals surface area (Å²) in [5.74, 6) is -0.250. The fourth-order valence-electron chi connectivity index (χ4n) is 0.940. The zero-order valence-corrected chi connectivity index (χ0v) is 7.68. The Kier molecular flexibility index (Phi) is 3.49. The molecule has 1 aromatic heterocycles. The second-order valence-electron chi connectivity index (χ2n) is 2.49. The fourth-order valence-corrected chi connectivity index (χ4v) is 0.940. The zero-order chi connectivity index (χ0) is 10.4. The minimum atomic E-state index is -0.250. The summed E-state index contributed by atoms with van der Waals surface area (Å²) in [6.45, 7) is 6.80. The van der Waals surface area contributed by atoms with E-state index in [4.69, 9.17) is 0 Å². The number of allylic oxidation sites excluding steroid dienone is 3. The Morgan fingerprint density at radius 2 is 2.29 bits per heavy atom. The van der Waals surface area contributed by atoms with E-state index in [1.54, 1.807) is 24.4 Å². The summed E-state index contributed by atoms with van der Waals surface area (Å²) >= 11 is 0. The van der Waals surface area contributed by atoms with Gasteiger partial charge in [0.25, 0.3) is 0 Å². The summed E-state index contributed by atoms with van der Waals surface area (Å²) in [7, 11) is 0. The van der Waals surface area contributed by atoms with E-state index in [0.717, 1.165) is 0 Å². The van der Waals surface area contributed by atoms with Crippen LogP contribution < -0.4 is 0 Å². The normalized spacial score (nSPS) is 10.7. The molecule has 0 fully saturated rings. The van der Waals surface area contributed by atoms with E-state index < -0.39 is 0 Å². The number of carbonyl (C=O) groups excluding carboxylic acids is 1. The number of Topliss-reactive ketones (excluding diaryl/α,β-unsaturated/α-hetero) is 1. The van der Waals surface area contributed by atoms with Crippen molar-refractivity contribution in [3.8, 4) is 0 Å². The Bertz CT molecular complexity index is 380. The molecule has 0 saturated heterocycles. The molecule has 0 saturated carbocycles. The molecule has 0 bridgehead atoms. The third kappa shape index (κ3) is 2.23. The highest BCUT2D eigenvalue weighted by molar-refractivity contribution is 6.07. The highest BCUT2D eigenvalue weighted by Crippen LogP contribution is 2.06. The molecule has 0 aromatic carbocycles. The number of hydrogen-bond acceptors (Lipinski definition) is 3. The van der Waals surface area contributed by atoms with Crippen molar-refractivity contribution in [3.05, 3.63) is 54.5 Å². The molecule has 1 heterocycles. The predicted octanol–water partition coefficient (Wildman–Crippen LogP) is 2.03. The van der Waals surface area contributed by atoms with Crippen LogP contribution in [0.25, 0.3) is 0 Å². The summed E-state index contributed by atoms with van der Waals surface area (Å²) in [6, 6.07) is 5.12. The molecule has 1 rings (SSSR count). The first-order valence-electron chi connectivity index (χ1n) is 4.04. The van der Waals surface area contributed by atoms with E-state index in [1.807, 2.05) is 0 Å². The molecule has 0 radical (unpaired) electrons. The molecule has 0 N–H and O–H groups in total. The van der Waals surface area contributed by atoms with Gasteiger partial charge in [-0.3, -0.25) is 14.8 Å². The number of aliphatic imine (C=N–C) groups is 1. The van der Waals surface area contributed by atoms with Gasteiger partial charge in [0.2, 0.25) is 5.78 Å². The lowest BCUT2D eigenvalue weighted by atomic mass is 10.2. The van der Waals surface area contributed by atoms with Crippen LogP contribution in [0.4, 0.5) is 0 Å². The molecular weight excluding hydrogens is 176 g/mol. The Hall–Kier alpha value is -2.03. The Morgan fingerprint density at radius 1 is 1.50 bits per heavy atom. The first kappa shape index (κ1) is 10.1. The third-order valence-electron chi connectivity index (χ3n) is 1.58. The van der Waals surface area contributed by atoms with Crippen LogP contribution >= 0.6 is 0 Å². The second-order valence-corrected chi connectivity index (χ2v) is 2.49. The minimum Gasteiger partial charge on any atom is -0.285 e. The fraction of sp³-hybridized carbons (Fsp3) is 0. The van der Waals surface area contributed by atoms with Crippen molar-refractivity contribution < 1.29 is 4.79 Å². The van der Waals surface area contributed by atoms with Gasteiger partial charge in [0.1, 0.15) is 11.4 Å². The highest BCUT2D eigenvalue weighted by atomic mass is 16.1. The van der Waals surface area contributed by atoms with Crippen LogP contribution in [-0.2, 0) is 0 Å². The number of ketones is 1. The van der Waals surface area contributed by atoms with Gasteiger partial charge in [0.15, 0.2) is 0 Å². The number of pyridine rings is 1. The topological polar surface area (TPSA) is 42.3 Å². The van der Waals surface area contributed by atoms with Crippen molar-refractivity contribution in [2.24, 2.45) is 4.99 Å². The largest absolute Gasteiger partial charge is 0.285 e. The van der Waals surface area contributed by atoms with Crippen molar-refractivity contribution in [2.75, 3.05) is 0 Å². The molecule has 0 aliphatic carbocycles. The number of nitrogens with zero attached hydrogens (tertiary/aromatic N) is 2. The van der Waals surface area contributed by atoms with Gasteiger partial charge in [-0.2, -0.15) is 0 Å². The quantitative estimate of drug-likeness (QED) is 0.312. The SMILES string of the molecule is C=C/C=C(\N=C)C(=O)c1ccccn1. The minimum absolute atomic E-state index is 0.249. The van der Waals surface area contributed by atoms with E-state index in [9.17, 15) is 4.79 Å². The van der Waals surface area contributed by atoms with Crippen LogP contribution in [-0.4, -0.2) is 17.5 Å². The summed E-state index contributed by atoms with van der Waals surface area (Å²) in [5.41, 5.74) is 0.603. The first-order chi connectivity index (χ1) is 6.79. The molecule has 0 atom stereocenters. The number of carbonyl (C=O) groups is 1. The van der Waals surface area contributed by atoms with Gasteiger partial charge >= 0.3 is 0 Å². The Balaban J connectivity index is 3.01. The maximum Gasteiger partial charge on any atom is 0.229 e. The van der Waals surface area contributed by atoms with Crippen molar-refractivity contribution in [3.63, 3.8) is 0 Å². The molecule has 1 aromatic rings. The number of hydrogen-bond donors (Lipinski definition) is 0. The molecule has 0 aliphatic heterocycles. The third-order valence-corrected chi connectivity index (χ3v) is 1.58. The highest BCUT2D eigenvalue weighted by Gasteiger charge is 2.10. The van der Waals surface area contributed by atoms with E-state index in [0.29, 0.717) is 5.69 Å². The van der Waals surface area contributed by atoms with Crippen LogP contribution in [0.15, 0.2) is 53.8 Å². The summed E-state index contributed by atoms with van der Waals surface area (Å²) < 4.78 is 0. The lowest BCUT2D eigenvalue weighted by Gasteiger charge is -1.98. The van der Waals surface area contributed by atoms with E-state index >= 15 is 0 Å². The van der Waals surface area contributed by atoms with E-state index in [-0.39, 0.29) is 11.5 Å². The van der Waals surface area contributed by atoms with Gasteiger partial charge in [0.05, 0.1) is 0 Å². The van der Waals surface area contributed by atoms with Crippen LogP contribution in [0.5, 0.6) is 0 Å². The van der Waals surface area contributed by atoms with Crippen LogP contribution in [0, 0.1) is 0 Å². The smallest absolute Gasteiger partial charge is 0.229 e. The number of aromatic nitrogens is 1. The van der Waals surface area contributed by atoms with Crippen molar-refractivity contribution >= 4 is 12.5 Å². The molecule has 0 amide bonds. The van der Waals surface area contributed by atoms with Gasteiger partial charge < -0.3 is 0 Å². The molecule has 3 nitrogen and oxygen atoms in total. The van der Waals surface area contributed by atoms with Gasteiger partial charge in [-0.25, -0.2) is 0 Å². The Labute approximate surface area is 82.5 Å². The molecule has 70 valence electrons. The maximum absolute atomic E-state index is 11.7. The van der Waals surface area contributed by atoms with Gasteiger partial charge in [-0.1, -0.05) is 18.7 Å². The standard InChI is InChI=1S/C11H10N2O/c1-3-6-9(12-2)11(14)10-7-4-5-8-13-10/h3-8H,1-2H2/b9-6-. The monoisotopic (exact) mass is 186 g/mol. The van der Waals surface area contributed by atoms with Crippen molar-refractivity contribution in [2.45, 2.75) is 0 Å². The Morgan fingerprint density at radius 3 is 2.79 bits per heavy atom. The molecule has 14 heavy (non-hydrogen) atoms. The summed E-state index contributed by atoms with van der Waals surface area (Å²) in [6.07, 6.45) is 4.55. The molecule has 0 spiro atoms. The average molecular weight is 186 g/mol. The molecule has 0 aliphatic rings. The van der Waals surface area contributed by atoms with Gasteiger partial charge in [-0.05, 0) is 24.9 Å². The summed E-state index contributed by atoms with van der Waals surface area (Å²) in [5, 5.41) is 0. The summed E-state index contributed by atoms with van der Waals surface area (Å²) in [4.78, 5) is 19.2. The lowest BCUT2D eigenvalue weighted by Crippen LogP contribution is -2.03. The van der Waals surface area contributed by atoms with Crippen LogP contribution in [0.2, 0.25) is 0 Å². The van der Waals surface area contributed by atoms with Crippen molar-refractivity contribution in [1.82, 2.24) is 4.98 Å². The van der Waals surface area contributed by atoms with Crippen molar-refractivity contribution in [1.29, 1.82) is 0 Å². The second kappa shape index (κ2) is 4.87. The zero-order valence-electron chi connectivity index (χ0n) is 7.68.